The first kappa shape index (κ1) is 14.6. The van der Waals surface area contributed by atoms with Gasteiger partial charge in [0.05, 0.1) is 0 Å². The first-order valence-corrected chi connectivity index (χ1v) is 6.29. The van der Waals surface area contributed by atoms with Crippen LogP contribution in [0.5, 0.6) is 0 Å². The van der Waals surface area contributed by atoms with E-state index in [-0.39, 0.29) is 11.7 Å². The van der Waals surface area contributed by atoms with Crippen LogP contribution in [0.25, 0.3) is 0 Å². The zero-order valence-electron chi connectivity index (χ0n) is 10.6. The Labute approximate surface area is 94.4 Å². The Hall–Kier alpha value is -0.370. The van der Waals surface area contributed by atoms with Gasteiger partial charge in [-0.1, -0.05) is 52.9 Å². The zero-order chi connectivity index (χ0) is 11.5. The van der Waals surface area contributed by atoms with Crippen LogP contribution in [-0.4, -0.2) is 19.0 Å². The SMILES string of the molecule is CCCCCCCCOCC(=O)C(C)C. The maximum atomic E-state index is 11.2. The molecule has 0 aromatic rings. The van der Waals surface area contributed by atoms with Crippen molar-refractivity contribution in [3.63, 3.8) is 0 Å². The van der Waals surface area contributed by atoms with Crippen molar-refractivity contribution < 1.29 is 9.53 Å². The van der Waals surface area contributed by atoms with Crippen LogP contribution >= 0.6 is 0 Å². The third-order valence-electron chi connectivity index (χ3n) is 2.53. The van der Waals surface area contributed by atoms with Crippen LogP contribution in [-0.2, 0) is 9.53 Å². The molecule has 0 saturated heterocycles. The van der Waals surface area contributed by atoms with E-state index in [4.69, 9.17) is 4.74 Å². The number of ketones is 1. The van der Waals surface area contributed by atoms with Crippen molar-refractivity contribution in [1.29, 1.82) is 0 Å². The van der Waals surface area contributed by atoms with Gasteiger partial charge in [-0.15, -0.1) is 0 Å². The minimum Gasteiger partial charge on any atom is -0.374 e. The van der Waals surface area contributed by atoms with Gasteiger partial charge in [0, 0.05) is 12.5 Å². The molecule has 90 valence electrons. The lowest BCUT2D eigenvalue weighted by Gasteiger charge is -2.05. The lowest BCUT2D eigenvalue weighted by Crippen LogP contribution is -2.15. The van der Waals surface area contributed by atoms with Crippen molar-refractivity contribution in [2.45, 2.75) is 59.3 Å². The van der Waals surface area contributed by atoms with Crippen LogP contribution in [0.3, 0.4) is 0 Å². The molecule has 0 aliphatic heterocycles. The van der Waals surface area contributed by atoms with Gasteiger partial charge >= 0.3 is 0 Å². The Morgan fingerprint density at radius 1 is 1.07 bits per heavy atom. The molecule has 2 nitrogen and oxygen atoms in total. The smallest absolute Gasteiger partial charge is 0.160 e. The quantitative estimate of drug-likeness (QED) is 0.519. The Kier molecular flexibility index (Phi) is 9.91. The fraction of sp³-hybridized carbons (Fsp3) is 0.923. The van der Waals surface area contributed by atoms with E-state index in [0.717, 1.165) is 13.0 Å². The molecule has 0 aliphatic rings. The topological polar surface area (TPSA) is 26.3 Å². The first-order chi connectivity index (χ1) is 7.18. The van der Waals surface area contributed by atoms with Crippen LogP contribution in [0.1, 0.15) is 59.3 Å². The van der Waals surface area contributed by atoms with Gasteiger partial charge in [0.15, 0.2) is 5.78 Å². The molecular weight excluding hydrogens is 188 g/mol. The van der Waals surface area contributed by atoms with E-state index in [9.17, 15) is 4.79 Å². The fourth-order valence-corrected chi connectivity index (χ4v) is 1.32. The van der Waals surface area contributed by atoms with E-state index in [0.29, 0.717) is 6.61 Å². The third-order valence-corrected chi connectivity index (χ3v) is 2.53. The summed E-state index contributed by atoms with van der Waals surface area (Å²) in [6.45, 7) is 7.09. The van der Waals surface area contributed by atoms with Gasteiger partial charge in [0.2, 0.25) is 0 Å². The number of carbonyl (C=O) groups excluding carboxylic acids is 1. The van der Waals surface area contributed by atoms with Gasteiger partial charge in [-0.25, -0.2) is 0 Å². The van der Waals surface area contributed by atoms with E-state index in [1.807, 2.05) is 13.8 Å². The molecule has 0 fully saturated rings. The highest BCUT2D eigenvalue weighted by atomic mass is 16.5. The molecule has 0 aromatic carbocycles. The van der Waals surface area contributed by atoms with E-state index in [2.05, 4.69) is 6.92 Å². The van der Waals surface area contributed by atoms with Gasteiger partial charge in [-0.3, -0.25) is 4.79 Å². The first-order valence-electron chi connectivity index (χ1n) is 6.29. The lowest BCUT2D eigenvalue weighted by molar-refractivity contribution is -0.126. The minimum absolute atomic E-state index is 0.106. The van der Waals surface area contributed by atoms with E-state index < -0.39 is 0 Å². The van der Waals surface area contributed by atoms with Crippen LogP contribution in [0.4, 0.5) is 0 Å². The van der Waals surface area contributed by atoms with E-state index >= 15 is 0 Å². The predicted octanol–water partition coefficient (Wildman–Crippen LogP) is 3.59. The number of Topliss-reactive ketones (excluding diaryl/α,β-unsaturated/α-hetero) is 1. The minimum atomic E-state index is 0.106. The Morgan fingerprint density at radius 2 is 1.67 bits per heavy atom. The van der Waals surface area contributed by atoms with Gasteiger partial charge in [0.25, 0.3) is 0 Å². The zero-order valence-corrected chi connectivity index (χ0v) is 10.6. The van der Waals surface area contributed by atoms with Crippen molar-refractivity contribution in [1.82, 2.24) is 0 Å². The number of ether oxygens (including phenoxy) is 1. The second-order valence-corrected chi connectivity index (χ2v) is 4.44. The summed E-state index contributed by atoms with van der Waals surface area (Å²) in [6.07, 6.45) is 7.59. The molecule has 0 bridgehead atoms. The molecule has 0 unspecified atom stereocenters. The van der Waals surface area contributed by atoms with Crippen LogP contribution < -0.4 is 0 Å². The molecule has 0 heterocycles. The van der Waals surface area contributed by atoms with E-state index in [1.165, 1.54) is 32.1 Å². The van der Waals surface area contributed by atoms with Crippen LogP contribution in [0.2, 0.25) is 0 Å². The summed E-state index contributed by atoms with van der Waals surface area (Å²) >= 11 is 0. The average molecular weight is 214 g/mol. The second kappa shape index (κ2) is 10.2. The predicted molar refractivity (Wildman–Crippen MR) is 64.0 cm³/mol. The van der Waals surface area contributed by atoms with E-state index in [1.54, 1.807) is 0 Å². The molecule has 0 rings (SSSR count). The molecule has 2 heteroatoms. The maximum Gasteiger partial charge on any atom is 0.160 e. The van der Waals surface area contributed by atoms with Crippen molar-refractivity contribution in [2.24, 2.45) is 5.92 Å². The van der Waals surface area contributed by atoms with Crippen molar-refractivity contribution in [3.05, 3.63) is 0 Å². The second-order valence-electron chi connectivity index (χ2n) is 4.44. The number of carbonyl (C=O) groups is 1. The van der Waals surface area contributed by atoms with Crippen molar-refractivity contribution in [3.8, 4) is 0 Å². The number of hydrogen-bond donors (Lipinski definition) is 0. The molecule has 0 atom stereocenters. The standard InChI is InChI=1S/C13H26O2/c1-4-5-6-7-8-9-10-15-11-13(14)12(2)3/h12H,4-11H2,1-3H3. The molecule has 0 radical (unpaired) electrons. The van der Waals surface area contributed by atoms with Crippen molar-refractivity contribution >= 4 is 5.78 Å². The van der Waals surface area contributed by atoms with Gasteiger partial charge in [-0.05, 0) is 6.42 Å². The molecular formula is C13H26O2. The summed E-state index contributed by atoms with van der Waals surface area (Å²) in [5.41, 5.74) is 0. The highest BCUT2D eigenvalue weighted by molar-refractivity contribution is 5.81. The normalized spacial score (nSPS) is 10.9. The molecule has 0 aromatic heterocycles. The summed E-state index contributed by atoms with van der Waals surface area (Å²) in [6, 6.07) is 0. The van der Waals surface area contributed by atoms with Crippen LogP contribution in [0, 0.1) is 5.92 Å². The molecule has 0 saturated carbocycles. The average Bonchev–Trinajstić information content (AvgIpc) is 2.21. The largest absolute Gasteiger partial charge is 0.374 e. The van der Waals surface area contributed by atoms with Crippen LogP contribution in [0.15, 0.2) is 0 Å². The number of hydrogen-bond acceptors (Lipinski definition) is 2. The van der Waals surface area contributed by atoms with Gasteiger partial charge in [0.1, 0.15) is 6.61 Å². The molecule has 0 amide bonds. The monoisotopic (exact) mass is 214 g/mol. The highest BCUT2D eigenvalue weighted by Crippen LogP contribution is 2.05. The van der Waals surface area contributed by atoms with Gasteiger partial charge in [-0.2, -0.15) is 0 Å². The van der Waals surface area contributed by atoms with Crippen molar-refractivity contribution in [2.75, 3.05) is 13.2 Å². The lowest BCUT2D eigenvalue weighted by atomic mass is 10.1. The maximum absolute atomic E-state index is 11.2. The summed E-state index contributed by atoms with van der Waals surface area (Å²) in [5.74, 6) is 0.315. The Bertz CT molecular complexity index is 153. The third kappa shape index (κ3) is 9.92. The summed E-state index contributed by atoms with van der Waals surface area (Å²) in [5, 5.41) is 0. The highest BCUT2D eigenvalue weighted by Gasteiger charge is 2.05. The summed E-state index contributed by atoms with van der Waals surface area (Å²) in [7, 11) is 0. The van der Waals surface area contributed by atoms with Gasteiger partial charge < -0.3 is 4.74 Å². The molecule has 15 heavy (non-hydrogen) atoms. The number of unbranched alkanes of at least 4 members (excludes halogenated alkanes) is 5. The fourth-order valence-electron chi connectivity index (χ4n) is 1.32. The Morgan fingerprint density at radius 3 is 2.27 bits per heavy atom. The molecule has 0 aliphatic carbocycles. The molecule has 0 N–H and O–H groups in total. The number of rotatable bonds is 10. The summed E-state index contributed by atoms with van der Waals surface area (Å²) in [4.78, 5) is 11.2. The Balaban J connectivity index is 3.08. The molecule has 0 spiro atoms. The summed E-state index contributed by atoms with van der Waals surface area (Å²) < 4.78 is 5.31.